The van der Waals surface area contributed by atoms with Gasteiger partial charge >= 0.3 is 5.69 Å². The maximum absolute atomic E-state index is 10.3. The third kappa shape index (κ3) is 2.26. The van der Waals surface area contributed by atoms with Gasteiger partial charge in [-0.1, -0.05) is 0 Å². The largest absolute Gasteiger partial charge is 0.347 e. The number of aromatic amines is 1. The van der Waals surface area contributed by atoms with Crippen molar-refractivity contribution in [3.8, 4) is 0 Å². The van der Waals surface area contributed by atoms with E-state index in [2.05, 4.69) is 30.5 Å². The molecule has 2 N–H and O–H groups in total. The van der Waals surface area contributed by atoms with Crippen LogP contribution in [0, 0.1) is 10.1 Å². The maximum atomic E-state index is 10.3. The molecule has 0 fully saturated rings. The van der Waals surface area contributed by atoms with Crippen molar-refractivity contribution in [2.75, 3.05) is 5.32 Å². The summed E-state index contributed by atoms with van der Waals surface area (Å²) >= 11 is 0. The first-order valence-electron chi connectivity index (χ1n) is 4.30. The predicted octanol–water partition coefficient (Wildman–Crippen LogP) is 0.115. The minimum Gasteiger partial charge on any atom is -0.347 e. The number of rotatable bonds is 4. The van der Waals surface area contributed by atoms with Gasteiger partial charge in [0.05, 0.1) is 11.5 Å². The van der Waals surface area contributed by atoms with Crippen LogP contribution in [0.15, 0.2) is 18.7 Å². The average molecular weight is 221 g/mol. The van der Waals surface area contributed by atoms with Crippen molar-refractivity contribution in [1.82, 2.24) is 25.1 Å². The minimum absolute atomic E-state index is 0.148. The van der Waals surface area contributed by atoms with Crippen LogP contribution in [0.4, 0.5) is 11.6 Å². The molecule has 0 atom stereocenters. The lowest BCUT2D eigenvalue weighted by molar-refractivity contribution is -0.385. The van der Waals surface area contributed by atoms with E-state index in [-0.39, 0.29) is 5.69 Å². The molecule has 2 heterocycles. The SMILES string of the molecule is O=[N+]([O-])c1cnc(NCc2ncn[nH]2)nc1. The first kappa shape index (κ1) is 9.96. The van der Waals surface area contributed by atoms with Gasteiger partial charge in [-0.15, -0.1) is 0 Å². The average Bonchev–Trinajstić information content (AvgIpc) is 2.80. The molecule has 0 saturated heterocycles. The van der Waals surface area contributed by atoms with Gasteiger partial charge < -0.3 is 5.32 Å². The van der Waals surface area contributed by atoms with E-state index < -0.39 is 4.92 Å². The van der Waals surface area contributed by atoms with Crippen molar-refractivity contribution >= 4 is 11.6 Å². The van der Waals surface area contributed by atoms with Crippen molar-refractivity contribution in [3.05, 3.63) is 34.7 Å². The van der Waals surface area contributed by atoms with Crippen molar-refractivity contribution in [3.63, 3.8) is 0 Å². The Morgan fingerprint density at radius 3 is 2.69 bits per heavy atom. The van der Waals surface area contributed by atoms with Crippen LogP contribution in [-0.2, 0) is 6.54 Å². The molecule has 9 nitrogen and oxygen atoms in total. The molecular formula is C7H7N7O2. The van der Waals surface area contributed by atoms with E-state index in [9.17, 15) is 10.1 Å². The number of hydrogen-bond acceptors (Lipinski definition) is 7. The van der Waals surface area contributed by atoms with Crippen LogP contribution in [0.25, 0.3) is 0 Å². The van der Waals surface area contributed by atoms with Crippen LogP contribution < -0.4 is 5.32 Å². The Hall–Kier alpha value is -2.58. The molecule has 0 saturated carbocycles. The number of nitrogens with zero attached hydrogens (tertiary/aromatic N) is 5. The number of hydrogen-bond donors (Lipinski definition) is 2. The molecule has 0 bridgehead atoms. The zero-order valence-corrected chi connectivity index (χ0v) is 7.99. The second kappa shape index (κ2) is 4.29. The summed E-state index contributed by atoms with van der Waals surface area (Å²) in [6, 6.07) is 0. The van der Waals surface area contributed by atoms with Crippen LogP contribution >= 0.6 is 0 Å². The fraction of sp³-hybridized carbons (Fsp3) is 0.143. The molecule has 0 spiro atoms. The number of aromatic nitrogens is 5. The summed E-state index contributed by atoms with van der Waals surface area (Å²) in [6.45, 7) is 0.373. The van der Waals surface area contributed by atoms with Crippen molar-refractivity contribution in [2.45, 2.75) is 6.54 Å². The van der Waals surface area contributed by atoms with Gasteiger partial charge in [0, 0.05) is 0 Å². The Bertz CT molecular complexity index is 466. The Balaban J connectivity index is 1.98. The highest BCUT2D eigenvalue weighted by molar-refractivity contribution is 5.30. The zero-order valence-electron chi connectivity index (χ0n) is 7.99. The molecule has 0 aromatic carbocycles. The highest BCUT2D eigenvalue weighted by Gasteiger charge is 2.06. The molecule has 0 radical (unpaired) electrons. The summed E-state index contributed by atoms with van der Waals surface area (Å²) in [4.78, 5) is 21.2. The maximum Gasteiger partial charge on any atom is 0.305 e. The number of nitrogens with one attached hydrogen (secondary N) is 2. The van der Waals surface area contributed by atoms with Crippen molar-refractivity contribution < 1.29 is 4.92 Å². The van der Waals surface area contributed by atoms with Gasteiger partial charge in [0.2, 0.25) is 5.95 Å². The Labute approximate surface area is 89.1 Å². The molecule has 0 amide bonds. The van der Waals surface area contributed by atoms with Crippen LogP contribution in [0.5, 0.6) is 0 Å². The summed E-state index contributed by atoms with van der Waals surface area (Å²) < 4.78 is 0. The standard InChI is InChI=1S/C7H7N7O2/c15-14(16)5-1-8-7(9-2-5)10-3-6-11-4-12-13-6/h1-2,4H,3H2,(H,8,9,10)(H,11,12,13). The molecule has 0 aliphatic carbocycles. The molecule has 0 aliphatic heterocycles. The third-order valence-corrected chi connectivity index (χ3v) is 1.73. The summed E-state index contributed by atoms with van der Waals surface area (Å²) in [6.07, 6.45) is 3.65. The van der Waals surface area contributed by atoms with Gasteiger partial charge in [-0.3, -0.25) is 15.2 Å². The van der Waals surface area contributed by atoms with Gasteiger partial charge in [-0.05, 0) is 0 Å². The highest BCUT2D eigenvalue weighted by atomic mass is 16.6. The van der Waals surface area contributed by atoms with Crippen molar-refractivity contribution in [2.24, 2.45) is 0 Å². The summed E-state index contributed by atoms with van der Waals surface area (Å²) in [5.41, 5.74) is -0.148. The number of nitro groups is 1. The van der Waals surface area contributed by atoms with E-state index in [1.807, 2.05) is 0 Å². The highest BCUT2D eigenvalue weighted by Crippen LogP contribution is 2.08. The Kier molecular flexibility index (Phi) is 2.67. The van der Waals surface area contributed by atoms with Crippen LogP contribution in [-0.4, -0.2) is 30.1 Å². The van der Waals surface area contributed by atoms with Crippen molar-refractivity contribution in [1.29, 1.82) is 0 Å². The molecule has 2 rings (SSSR count). The molecule has 82 valence electrons. The van der Waals surface area contributed by atoms with E-state index in [1.54, 1.807) is 0 Å². The second-order valence-corrected chi connectivity index (χ2v) is 2.81. The quantitative estimate of drug-likeness (QED) is 0.554. The second-order valence-electron chi connectivity index (χ2n) is 2.81. The van der Waals surface area contributed by atoms with E-state index in [0.717, 1.165) is 12.4 Å². The lowest BCUT2D eigenvalue weighted by atomic mass is 10.5. The fourth-order valence-electron chi connectivity index (χ4n) is 0.986. The molecular weight excluding hydrogens is 214 g/mol. The van der Waals surface area contributed by atoms with E-state index >= 15 is 0 Å². The molecule has 0 unspecified atom stereocenters. The van der Waals surface area contributed by atoms with Gasteiger partial charge in [0.25, 0.3) is 0 Å². The normalized spacial score (nSPS) is 10.0. The smallest absolute Gasteiger partial charge is 0.305 e. The molecule has 0 aliphatic rings. The third-order valence-electron chi connectivity index (χ3n) is 1.73. The van der Waals surface area contributed by atoms with Gasteiger partial charge in [-0.2, -0.15) is 5.10 Å². The zero-order chi connectivity index (χ0) is 11.4. The predicted molar refractivity (Wildman–Crippen MR) is 52.4 cm³/mol. The first-order valence-corrected chi connectivity index (χ1v) is 4.30. The van der Waals surface area contributed by atoms with Gasteiger partial charge in [0.1, 0.15) is 24.5 Å². The molecule has 2 aromatic heterocycles. The van der Waals surface area contributed by atoms with Crippen LogP contribution in [0.2, 0.25) is 0 Å². The van der Waals surface area contributed by atoms with Gasteiger partial charge in [0.15, 0.2) is 0 Å². The Morgan fingerprint density at radius 2 is 2.12 bits per heavy atom. The van der Waals surface area contributed by atoms with E-state index in [4.69, 9.17) is 0 Å². The van der Waals surface area contributed by atoms with Crippen LogP contribution in [0.3, 0.4) is 0 Å². The van der Waals surface area contributed by atoms with Gasteiger partial charge in [-0.25, -0.2) is 15.0 Å². The first-order chi connectivity index (χ1) is 7.75. The minimum atomic E-state index is -0.555. The fourth-order valence-corrected chi connectivity index (χ4v) is 0.986. The summed E-state index contributed by atoms with van der Waals surface area (Å²) in [5.74, 6) is 0.920. The molecule has 16 heavy (non-hydrogen) atoms. The topological polar surface area (TPSA) is 123 Å². The summed E-state index contributed by atoms with van der Waals surface area (Å²) in [7, 11) is 0. The van der Waals surface area contributed by atoms with E-state index in [0.29, 0.717) is 18.3 Å². The monoisotopic (exact) mass is 221 g/mol. The van der Waals surface area contributed by atoms with Crippen LogP contribution in [0.1, 0.15) is 5.82 Å². The van der Waals surface area contributed by atoms with E-state index in [1.165, 1.54) is 6.33 Å². The summed E-state index contributed by atoms with van der Waals surface area (Å²) in [5, 5.41) is 19.5. The lowest BCUT2D eigenvalue weighted by Gasteiger charge is -2.00. The molecule has 9 heteroatoms. The number of anilines is 1. The Morgan fingerprint density at radius 1 is 1.38 bits per heavy atom. The lowest BCUT2D eigenvalue weighted by Crippen LogP contribution is -2.05. The molecule has 2 aromatic rings. The number of H-pyrrole nitrogens is 1.